The first-order valence-corrected chi connectivity index (χ1v) is 9.41. The lowest BCUT2D eigenvalue weighted by atomic mass is 9.85. The second kappa shape index (κ2) is 8.53. The molecule has 2 aliphatic heterocycles. The van der Waals surface area contributed by atoms with Gasteiger partial charge in [-0.15, -0.1) is 12.4 Å². The van der Waals surface area contributed by atoms with Crippen LogP contribution in [0.2, 0.25) is 0 Å². The molecule has 0 saturated carbocycles. The molecule has 4 heteroatoms. The predicted octanol–water partition coefficient (Wildman–Crippen LogP) is 4.51. The van der Waals surface area contributed by atoms with E-state index in [1.54, 1.807) is 0 Å². The van der Waals surface area contributed by atoms with E-state index in [4.69, 9.17) is 9.47 Å². The summed E-state index contributed by atoms with van der Waals surface area (Å²) in [6, 6.07) is 21.5. The van der Waals surface area contributed by atoms with Crippen LogP contribution in [-0.2, 0) is 9.47 Å². The minimum Gasteiger partial charge on any atom is -0.346 e. The molecule has 0 radical (unpaired) electrons. The van der Waals surface area contributed by atoms with Crippen LogP contribution in [-0.4, -0.2) is 31.1 Å². The molecule has 2 aromatic carbocycles. The summed E-state index contributed by atoms with van der Waals surface area (Å²) in [5.41, 5.74) is 2.46. The topological polar surface area (TPSA) is 30.5 Å². The standard InChI is InChI=1S/C22H27NO2.ClH/c1-22(24-16-20(25-22)19-14-8-9-15-23-19)21(17-10-4-2-5-11-17)18-12-6-3-7-13-18;/h2-7,10-13,19-21,23H,8-9,14-16H2,1H3;1H. The van der Waals surface area contributed by atoms with Crippen molar-refractivity contribution in [2.45, 2.75) is 50.0 Å². The van der Waals surface area contributed by atoms with Crippen LogP contribution in [0, 0.1) is 0 Å². The van der Waals surface area contributed by atoms with Gasteiger partial charge in [-0.25, -0.2) is 0 Å². The van der Waals surface area contributed by atoms with Crippen molar-refractivity contribution in [1.29, 1.82) is 0 Å². The third-order valence-corrected chi connectivity index (χ3v) is 5.51. The van der Waals surface area contributed by atoms with E-state index in [9.17, 15) is 0 Å². The normalized spacial score (nSPS) is 28.7. The first-order valence-electron chi connectivity index (χ1n) is 9.41. The highest BCUT2D eigenvalue weighted by atomic mass is 35.5. The molecule has 2 heterocycles. The molecule has 1 N–H and O–H groups in total. The number of rotatable bonds is 4. The average Bonchev–Trinajstić information content (AvgIpc) is 3.07. The molecule has 3 nitrogen and oxygen atoms in total. The monoisotopic (exact) mass is 373 g/mol. The quantitative estimate of drug-likeness (QED) is 0.855. The molecule has 2 saturated heterocycles. The molecular formula is C22H28ClNO2. The maximum absolute atomic E-state index is 6.57. The second-order valence-corrected chi connectivity index (χ2v) is 7.29. The lowest BCUT2D eigenvalue weighted by Gasteiger charge is -2.35. The van der Waals surface area contributed by atoms with Gasteiger partial charge in [0.15, 0.2) is 5.79 Å². The Morgan fingerprint density at radius 3 is 2.12 bits per heavy atom. The Bertz CT molecular complexity index is 636. The zero-order chi connectivity index (χ0) is 17.1. The van der Waals surface area contributed by atoms with Crippen molar-refractivity contribution in [3.63, 3.8) is 0 Å². The van der Waals surface area contributed by atoms with Crippen molar-refractivity contribution < 1.29 is 9.47 Å². The van der Waals surface area contributed by atoms with E-state index in [0.29, 0.717) is 12.6 Å². The molecule has 0 aromatic heterocycles. The average molecular weight is 374 g/mol. The first-order chi connectivity index (χ1) is 12.3. The summed E-state index contributed by atoms with van der Waals surface area (Å²) in [5.74, 6) is -0.588. The van der Waals surface area contributed by atoms with E-state index in [0.717, 1.165) is 6.54 Å². The zero-order valence-electron chi connectivity index (χ0n) is 15.3. The molecule has 0 bridgehead atoms. The summed E-state index contributed by atoms with van der Waals surface area (Å²) >= 11 is 0. The van der Waals surface area contributed by atoms with Gasteiger partial charge in [-0.05, 0) is 37.4 Å². The van der Waals surface area contributed by atoms with Gasteiger partial charge < -0.3 is 14.8 Å². The molecule has 2 aliphatic rings. The molecular weight excluding hydrogens is 346 g/mol. The highest BCUT2D eigenvalue weighted by Gasteiger charge is 2.47. The van der Waals surface area contributed by atoms with E-state index in [2.05, 4.69) is 72.9 Å². The summed E-state index contributed by atoms with van der Waals surface area (Å²) in [4.78, 5) is 0. The Balaban J connectivity index is 0.00000196. The van der Waals surface area contributed by atoms with Gasteiger partial charge in [0.25, 0.3) is 0 Å². The maximum Gasteiger partial charge on any atom is 0.176 e. The number of piperidine rings is 1. The van der Waals surface area contributed by atoms with Gasteiger partial charge in [0.05, 0.1) is 18.6 Å². The number of benzene rings is 2. The molecule has 140 valence electrons. The van der Waals surface area contributed by atoms with E-state index < -0.39 is 5.79 Å². The Kier molecular flexibility index (Phi) is 6.36. The van der Waals surface area contributed by atoms with Crippen LogP contribution < -0.4 is 5.32 Å². The van der Waals surface area contributed by atoms with Gasteiger partial charge in [0, 0.05) is 6.04 Å². The maximum atomic E-state index is 6.57. The SMILES string of the molecule is CC1(C(c2ccccc2)c2ccccc2)OCC(C2CCCCN2)O1.Cl. The van der Waals surface area contributed by atoms with Gasteiger partial charge in [0.1, 0.15) is 0 Å². The number of hydrogen-bond acceptors (Lipinski definition) is 3. The smallest absolute Gasteiger partial charge is 0.176 e. The van der Waals surface area contributed by atoms with Crippen LogP contribution in [0.15, 0.2) is 60.7 Å². The van der Waals surface area contributed by atoms with Gasteiger partial charge in [-0.2, -0.15) is 0 Å². The van der Waals surface area contributed by atoms with E-state index in [1.807, 2.05) is 0 Å². The van der Waals surface area contributed by atoms with Gasteiger partial charge >= 0.3 is 0 Å². The van der Waals surface area contributed by atoms with Crippen molar-refractivity contribution in [2.24, 2.45) is 0 Å². The number of nitrogens with one attached hydrogen (secondary N) is 1. The Labute approximate surface area is 162 Å². The van der Waals surface area contributed by atoms with Crippen LogP contribution in [0.4, 0.5) is 0 Å². The first kappa shape index (κ1) is 19.4. The predicted molar refractivity (Wildman–Crippen MR) is 107 cm³/mol. The highest BCUT2D eigenvalue weighted by molar-refractivity contribution is 5.85. The summed E-state index contributed by atoms with van der Waals surface area (Å²) in [6.07, 6.45) is 3.83. The second-order valence-electron chi connectivity index (χ2n) is 7.29. The van der Waals surface area contributed by atoms with Crippen LogP contribution in [0.1, 0.15) is 43.2 Å². The fourth-order valence-corrected chi connectivity index (χ4v) is 4.25. The minimum absolute atomic E-state index is 0. The molecule has 0 amide bonds. The third kappa shape index (κ3) is 3.96. The highest BCUT2D eigenvalue weighted by Crippen LogP contribution is 2.42. The molecule has 2 aromatic rings. The van der Waals surface area contributed by atoms with Crippen LogP contribution in [0.5, 0.6) is 0 Å². The number of ether oxygens (including phenoxy) is 2. The lowest BCUT2D eigenvalue weighted by Crippen LogP contribution is -2.45. The zero-order valence-corrected chi connectivity index (χ0v) is 16.1. The molecule has 26 heavy (non-hydrogen) atoms. The molecule has 0 spiro atoms. The van der Waals surface area contributed by atoms with E-state index in [-0.39, 0.29) is 24.4 Å². The number of halogens is 1. The van der Waals surface area contributed by atoms with Crippen LogP contribution in [0.25, 0.3) is 0 Å². The summed E-state index contributed by atoms with van der Waals surface area (Å²) in [5, 5.41) is 3.61. The van der Waals surface area contributed by atoms with Crippen molar-refractivity contribution in [1.82, 2.24) is 5.32 Å². The van der Waals surface area contributed by atoms with Crippen molar-refractivity contribution >= 4 is 12.4 Å². The van der Waals surface area contributed by atoms with Crippen molar-refractivity contribution in [2.75, 3.05) is 13.2 Å². The van der Waals surface area contributed by atoms with Crippen LogP contribution in [0.3, 0.4) is 0 Å². The fraction of sp³-hybridized carbons (Fsp3) is 0.455. The largest absolute Gasteiger partial charge is 0.346 e. The molecule has 0 aliphatic carbocycles. The summed E-state index contributed by atoms with van der Waals surface area (Å²) in [7, 11) is 0. The van der Waals surface area contributed by atoms with Crippen LogP contribution >= 0.6 is 12.4 Å². The minimum atomic E-state index is -0.646. The van der Waals surface area contributed by atoms with Gasteiger partial charge in [-0.3, -0.25) is 0 Å². The summed E-state index contributed by atoms with van der Waals surface area (Å²) < 4.78 is 12.9. The van der Waals surface area contributed by atoms with Crippen molar-refractivity contribution in [3.8, 4) is 0 Å². The molecule has 3 atom stereocenters. The lowest BCUT2D eigenvalue weighted by molar-refractivity contribution is -0.167. The van der Waals surface area contributed by atoms with Gasteiger partial charge in [0.2, 0.25) is 0 Å². The number of hydrogen-bond donors (Lipinski definition) is 1. The Morgan fingerprint density at radius 2 is 1.58 bits per heavy atom. The third-order valence-electron chi connectivity index (χ3n) is 5.51. The summed E-state index contributed by atoms with van der Waals surface area (Å²) in [6.45, 7) is 3.84. The Morgan fingerprint density at radius 1 is 0.962 bits per heavy atom. The fourth-order valence-electron chi connectivity index (χ4n) is 4.25. The van der Waals surface area contributed by atoms with E-state index in [1.165, 1.54) is 30.4 Å². The molecule has 4 rings (SSSR count). The molecule has 2 fully saturated rings. The van der Waals surface area contributed by atoms with Gasteiger partial charge in [-0.1, -0.05) is 67.1 Å². The molecule has 3 unspecified atom stereocenters. The Hall–Kier alpha value is -1.39. The van der Waals surface area contributed by atoms with E-state index >= 15 is 0 Å². The van der Waals surface area contributed by atoms with Crippen molar-refractivity contribution in [3.05, 3.63) is 71.8 Å².